The van der Waals surface area contributed by atoms with Crippen LogP contribution in [0.2, 0.25) is 0 Å². The Bertz CT molecular complexity index is 792. The van der Waals surface area contributed by atoms with E-state index < -0.39 is 6.04 Å². The molecule has 0 spiro atoms. The number of amides is 2. The summed E-state index contributed by atoms with van der Waals surface area (Å²) in [5, 5.41) is 2.88. The van der Waals surface area contributed by atoms with E-state index >= 15 is 0 Å². The summed E-state index contributed by atoms with van der Waals surface area (Å²) < 4.78 is 10.6. The lowest BCUT2D eigenvalue weighted by Crippen LogP contribution is -2.46. The monoisotopic (exact) mass is 354 g/mol. The molecule has 0 bridgehead atoms. The minimum Gasteiger partial charge on any atom is -0.454 e. The fraction of sp³-hybridized carbons (Fsp3) is 0.300. The van der Waals surface area contributed by atoms with E-state index in [9.17, 15) is 9.59 Å². The topological polar surface area (TPSA) is 67.9 Å². The van der Waals surface area contributed by atoms with E-state index in [1.807, 2.05) is 48.5 Å². The van der Waals surface area contributed by atoms with Gasteiger partial charge in [-0.15, -0.1) is 0 Å². The third kappa shape index (κ3) is 4.14. The van der Waals surface area contributed by atoms with Crippen LogP contribution in [0.5, 0.6) is 11.5 Å². The Labute approximate surface area is 152 Å². The second-order valence-electron chi connectivity index (χ2n) is 6.21. The Kier molecular flexibility index (Phi) is 5.41. The van der Waals surface area contributed by atoms with Crippen molar-refractivity contribution in [3.05, 3.63) is 59.7 Å². The number of nitrogens with zero attached hydrogens (tertiary/aromatic N) is 1. The molecule has 6 heteroatoms. The van der Waals surface area contributed by atoms with Gasteiger partial charge in [-0.2, -0.15) is 0 Å². The normalized spacial score (nSPS) is 13.2. The zero-order valence-electron chi connectivity index (χ0n) is 14.9. The van der Waals surface area contributed by atoms with Gasteiger partial charge in [0.25, 0.3) is 0 Å². The number of ether oxygens (including phenoxy) is 2. The molecule has 0 saturated carbocycles. The number of benzene rings is 2. The van der Waals surface area contributed by atoms with Gasteiger partial charge < -0.3 is 19.7 Å². The third-order valence-corrected chi connectivity index (χ3v) is 4.35. The number of hydrogen-bond donors (Lipinski definition) is 1. The largest absolute Gasteiger partial charge is 0.454 e. The van der Waals surface area contributed by atoms with E-state index in [2.05, 4.69) is 5.32 Å². The van der Waals surface area contributed by atoms with Gasteiger partial charge in [-0.05, 0) is 30.2 Å². The first-order valence-corrected chi connectivity index (χ1v) is 8.52. The number of rotatable bonds is 6. The summed E-state index contributed by atoms with van der Waals surface area (Å²) in [5.41, 5.74) is 1.89. The van der Waals surface area contributed by atoms with E-state index in [0.717, 1.165) is 11.1 Å². The fourth-order valence-corrected chi connectivity index (χ4v) is 2.83. The van der Waals surface area contributed by atoms with Crippen LogP contribution in [-0.4, -0.2) is 29.5 Å². The summed E-state index contributed by atoms with van der Waals surface area (Å²) >= 11 is 0. The molecule has 2 aromatic rings. The van der Waals surface area contributed by atoms with Crippen molar-refractivity contribution in [1.29, 1.82) is 0 Å². The molecule has 0 unspecified atom stereocenters. The molecule has 136 valence electrons. The highest BCUT2D eigenvalue weighted by Gasteiger charge is 2.23. The molecule has 2 aromatic carbocycles. The van der Waals surface area contributed by atoms with Gasteiger partial charge >= 0.3 is 0 Å². The molecule has 1 N–H and O–H groups in total. The van der Waals surface area contributed by atoms with Gasteiger partial charge in [-0.1, -0.05) is 36.4 Å². The minimum atomic E-state index is -0.568. The molecule has 1 heterocycles. The van der Waals surface area contributed by atoms with Gasteiger partial charge in [-0.25, -0.2) is 0 Å². The Morgan fingerprint density at radius 3 is 2.54 bits per heavy atom. The maximum absolute atomic E-state index is 12.5. The molecule has 0 aromatic heterocycles. The lowest BCUT2D eigenvalue weighted by atomic mass is 10.1. The summed E-state index contributed by atoms with van der Waals surface area (Å²) in [6.07, 6.45) is 0. The average Bonchev–Trinajstić information content (AvgIpc) is 3.12. The van der Waals surface area contributed by atoms with Gasteiger partial charge in [0.1, 0.15) is 6.04 Å². The molecule has 0 fully saturated rings. The molecule has 0 aliphatic carbocycles. The van der Waals surface area contributed by atoms with Crippen LogP contribution in [0.25, 0.3) is 0 Å². The predicted molar refractivity (Wildman–Crippen MR) is 96.5 cm³/mol. The van der Waals surface area contributed by atoms with Crippen molar-refractivity contribution < 1.29 is 19.1 Å². The van der Waals surface area contributed by atoms with Gasteiger partial charge in [0, 0.05) is 20.0 Å². The molecule has 1 aliphatic rings. The number of carbonyl (C=O) groups is 2. The highest BCUT2D eigenvalue weighted by atomic mass is 16.7. The van der Waals surface area contributed by atoms with Crippen LogP contribution in [0, 0.1) is 0 Å². The van der Waals surface area contributed by atoms with Crippen molar-refractivity contribution in [2.75, 3.05) is 6.79 Å². The summed E-state index contributed by atoms with van der Waals surface area (Å²) in [6, 6.07) is 14.6. The summed E-state index contributed by atoms with van der Waals surface area (Å²) in [7, 11) is 0. The Morgan fingerprint density at radius 2 is 1.81 bits per heavy atom. The van der Waals surface area contributed by atoms with Crippen molar-refractivity contribution in [3.63, 3.8) is 0 Å². The smallest absolute Gasteiger partial charge is 0.242 e. The first-order valence-electron chi connectivity index (χ1n) is 8.52. The number of fused-ring (bicyclic) bond motifs is 1. The molecular weight excluding hydrogens is 332 g/mol. The molecule has 6 nitrogen and oxygen atoms in total. The Hall–Kier alpha value is -3.02. The van der Waals surface area contributed by atoms with Crippen LogP contribution < -0.4 is 14.8 Å². The van der Waals surface area contributed by atoms with Crippen molar-refractivity contribution in [3.8, 4) is 11.5 Å². The Balaban J connectivity index is 1.61. The highest BCUT2D eigenvalue weighted by molar-refractivity contribution is 5.86. The predicted octanol–water partition coefficient (Wildman–Crippen LogP) is 2.47. The molecule has 0 saturated heterocycles. The molecular formula is C20H22N2O4. The summed E-state index contributed by atoms with van der Waals surface area (Å²) in [6.45, 7) is 4.19. The first kappa shape index (κ1) is 17.8. The second-order valence-corrected chi connectivity index (χ2v) is 6.21. The zero-order chi connectivity index (χ0) is 18.5. The van der Waals surface area contributed by atoms with Crippen molar-refractivity contribution >= 4 is 11.8 Å². The fourth-order valence-electron chi connectivity index (χ4n) is 2.83. The van der Waals surface area contributed by atoms with E-state index in [1.165, 1.54) is 6.92 Å². The van der Waals surface area contributed by atoms with E-state index in [0.29, 0.717) is 24.6 Å². The molecule has 2 amide bonds. The lowest BCUT2D eigenvalue weighted by molar-refractivity contribution is -0.139. The second kappa shape index (κ2) is 7.91. The van der Waals surface area contributed by atoms with Crippen molar-refractivity contribution in [2.24, 2.45) is 0 Å². The molecule has 26 heavy (non-hydrogen) atoms. The maximum Gasteiger partial charge on any atom is 0.242 e. The standard InChI is InChI=1S/C20H22N2O4/c1-14(22(15(2)23)12-16-6-4-3-5-7-16)20(24)21-11-17-8-9-18-19(10-17)26-13-25-18/h3-10,14H,11-13H2,1-2H3,(H,21,24)/t14-/m0/s1. The van der Waals surface area contributed by atoms with Crippen LogP contribution in [0.1, 0.15) is 25.0 Å². The average molecular weight is 354 g/mol. The first-order chi connectivity index (χ1) is 12.5. The molecule has 3 rings (SSSR count). The number of hydrogen-bond acceptors (Lipinski definition) is 4. The molecule has 1 aliphatic heterocycles. The van der Waals surface area contributed by atoms with Crippen LogP contribution in [0.15, 0.2) is 48.5 Å². The third-order valence-electron chi connectivity index (χ3n) is 4.35. The zero-order valence-corrected chi connectivity index (χ0v) is 14.9. The molecule has 1 atom stereocenters. The van der Waals surface area contributed by atoms with Crippen LogP contribution in [-0.2, 0) is 22.7 Å². The van der Waals surface area contributed by atoms with Gasteiger partial charge in [0.05, 0.1) is 0 Å². The van der Waals surface area contributed by atoms with Gasteiger partial charge in [0.15, 0.2) is 11.5 Å². The summed E-state index contributed by atoms with van der Waals surface area (Å²) in [5.74, 6) is 1.05. The van der Waals surface area contributed by atoms with Crippen molar-refractivity contribution in [1.82, 2.24) is 10.2 Å². The maximum atomic E-state index is 12.5. The quantitative estimate of drug-likeness (QED) is 0.865. The lowest BCUT2D eigenvalue weighted by Gasteiger charge is -2.27. The highest BCUT2D eigenvalue weighted by Crippen LogP contribution is 2.32. The summed E-state index contributed by atoms with van der Waals surface area (Å²) in [4.78, 5) is 26.1. The number of nitrogens with one attached hydrogen (secondary N) is 1. The van der Waals surface area contributed by atoms with Crippen LogP contribution in [0.3, 0.4) is 0 Å². The Morgan fingerprint density at radius 1 is 1.08 bits per heavy atom. The van der Waals surface area contributed by atoms with Gasteiger partial charge in [-0.3, -0.25) is 9.59 Å². The SMILES string of the molecule is CC(=O)N(Cc1ccccc1)[C@@H](C)C(=O)NCc1ccc2c(c1)OCO2. The van der Waals surface area contributed by atoms with Crippen molar-refractivity contribution in [2.45, 2.75) is 33.0 Å². The number of carbonyl (C=O) groups excluding carboxylic acids is 2. The minimum absolute atomic E-state index is 0.139. The van der Waals surface area contributed by atoms with Crippen LogP contribution in [0.4, 0.5) is 0 Å². The van der Waals surface area contributed by atoms with Crippen LogP contribution >= 0.6 is 0 Å². The van der Waals surface area contributed by atoms with Gasteiger partial charge in [0.2, 0.25) is 18.6 Å². The van der Waals surface area contributed by atoms with E-state index in [4.69, 9.17) is 9.47 Å². The van der Waals surface area contributed by atoms with E-state index in [1.54, 1.807) is 11.8 Å². The van der Waals surface area contributed by atoms with E-state index in [-0.39, 0.29) is 18.6 Å². The molecule has 0 radical (unpaired) electrons.